The molecule has 1 N–H and O–H groups in total. The zero-order chi connectivity index (χ0) is 36.3. The average Bonchev–Trinajstić information content (AvgIpc) is 3.15. The first kappa shape index (κ1) is 37.6. The molecule has 52 heavy (non-hydrogen) atoms. The summed E-state index contributed by atoms with van der Waals surface area (Å²) in [6.07, 6.45) is 10.7. The van der Waals surface area contributed by atoms with Crippen molar-refractivity contribution in [3.8, 4) is 5.75 Å². The summed E-state index contributed by atoms with van der Waals surface area (Å²) in [4.78, 5) is 21.1. The molecule has 12 heteroatoms. The number of sulfonamides is 1. The highest BCUT2D eigenvalue weighted by atomic mass is 35.5. The number of ether oxygens (including phenoxy) is 3. The molecule has 0 radical (unpaired) electrons. The lowest BCUT2D eigenvalue weighted by Crippen LogP contribution is -2.62. The van der Waals surface area contributed by atoms with Gasteiger partial charge in [0.2, 0.25) is 10.0 Å². The Labute approximate surface area is 314 Å². The minimum Gasteiger partial charge on any atom is -0.487 e. The predicted molar refractivity (Wildman–Crippen MR) is 205 cm³/mol. The zero-order valence-corrected chi connectivity index (χ0v) is 32.3. The first-order chi connectivity index (χ1) is 25.2. The van der Waals surface area contributed by atoms with Crippen LogP contribution in [-0.2, 0) is 32.5 Å². The summed E-state index contributed by atoms with van der Waals surface area (Å²) in [6.45, 7) is 10.1. The summed E-state index contributed by atoms with van der Waals surface area (Å²) < 4.78 is 48.7. The molecule has 2 bridgehead atoms. The van der Waals surface area contributed by atoms with Crippen molar-refractivity contribution in [1.29, 1.82) is 0 Å². The molecule has 1 unspecified atom stereocenters. The minimum atomic E-state index is -3.92. The first-order valence-corrected chi connectivity index (χ1v) is 21.2. The van der Waals surface area contributed by atoms with Crippen molar-refractivity contribution in [3.63, 3.8) is 0 Å². The van der Waals surface area contributed by atoms with Gasteiger partial charge in [-0.05, 0) is 105 Å². The number of piperazine rings is 1. The van der Waals surface area contributed by atoms with Crippen LogP contribution in [-0.4, -0.2) is 107 Å². The fourth-order valence-electron chi connectivity index (χ4n) is 9.09. The van der Waals surface area contributed by atoms with E-state index in [0.717, 1.165) is 107 Å². The van der Waals surface area contributed by atoms with E-state index in [1.54, 1.807) is 6.07 Å². The Kier molecular flexibility index (Phi) is 11.8. The SMILES string of the molecule is CCC1CC/C=C/[C@](CN2CCN3CCOC[C@@H]3C2)(OC)[C@@H]2CC[C@H]2CN2CCCCc3cc(Cl)ccc3COc3ccc(cc32)C(=O)NS1(=O)=O. The number of benzene rings is 2. The second kappa shape index (κ2) is 16.4. The normalized spacial score (nSPS) is 31.0. The first-order valence-electron chi connectivity index (χ1n) is 19.3. The molecule has 2 aromatic rings. The lowest BCUT2D eigenvalue weighted by Gasteiger charge is -2.53. The van der Waals surface area contributed by atoms with Crippen LogP contribution in [0.5, 0.6) is 5.75 Å². The Morgan fingerprint density at radius 2 is 1.90 bits per heavy atom. The zero-order valence-electron chi connectivity index (χ0n) is 30.7. The van der Waals surface area contributed by atoms with Crippen molar-refractivity contribution in [1.82, 2.24) is 14.5 Å². The molecule has 284 valence electrons. The van der Waals surface area contributed by atoms with E-state index in [0.29, 0.717) is 49.1 Å². The molecule has 5 atom stereocenters. The Bertz CT molecular complexity index is 1720. The van der Waals surface area contributed by atoms with Crippen LogP contribution < -0.4 is 14.4 Å². The van der Waals surface area contributed by atoms with Crippen molar-refractivity contribution >= 4 is 33.2 Å². The molecule has 0 spiro atoms. The number of carbonyl (C=O) groups excluding carboxylic acids is 1. The van der Waals surface area contributed by atoms with E-state index in [1.165, 1.54) is 5.56 Å². The Morgan fingerprint density at radius 3 is 2.71 bits per heavy atom. The summed E-state index contributed by atoms with van der Waals surface area (Å²) in [5.74, 6) is 0.693. The van der Waals surface area contributed by atoms with Gasteiger partial charge in [-0.25, -0.2) is 13.1 Å². The molecule has 2 aromatic carbocycles. The predicted octanol–water partition coefficient (Wildman–Crippen LogP) is 5.68. The lowest BCUT2D eigenvalue weighted by molar-refractivity contribution is -0.108. The second-order valence-electron chi connectivity index (χ2n) is 15.4. The van der Waals surface area contributed by atoms with Crippen molar-refractivity contribution < 1.29 is 27.4 Å². The Hall–Kier alpha value is -2.67. The molecule has 4 heterocycles. The van der Waals surface area contributed by atoms with Gasteiger partial charge in [-0.2, -0.15) is 0 Å². The highest BCUT2D eigenvalue weighted by Crippen LogP contribution is 2.47. The molecule has 10 nitrogen and oxygen atoms in total. The molecule has 5 aliphatic rings. The lowest BCUT2D eigenvalue weighted by atomic mass is 9.63. The van der Waals surface area contributed by atoms with E-state index >= 15 is 0 Å². The number of hydrogen-bond donors (Lipinski definition) is 1. The standard InChI is InChI=1S/C40H55ClN4O6S/c1-3-35-9-4-6-16-40(49-2,28-43-18-19-44-20-21-50-27-34(44)25-43)36-14-11-31(36)24-45-17-7-5-8-29-22-33(41)13-10-32(29)26-51-38-15-12-30(23-37(38)45)39(46)42-52(35,47)48/h6,10,12-13,15-16,22-23,31,34-36H,3-5,7-9,11,14,17-21,24-28H2,1-2H3,(H,42,46)/b16-6+/t31-,34-,35?,36+,40+/m0/s1. The van der Waals surface area contributed by atoms with Gasteiger partial charge in [-0.15, -0.1) is 0 Å². The van der Waals surface area contributed by atoms with Crippen LogP contribution in [0.25, 0.3) is 0 Å². The number of morpholine rings is 1. The molecular weight excluding hydrogens is 700 g/mol. The number of amides is 1. The number of nitrogens with one attached hydrogen (secondary N) is 1. The fourth-order valence-corrected chi connectivity index (χ4v) is 10.7. The van der Waals surface area contributed by atoms with Gasteiger partial charge >= 0.3 is 0 Å². The van der Waals surface area contributed by atoms with Gasteiger partial charge in [-0.3, -0.25) is 14.6 Å². The topological polar surface area (TPSA) is 101 Å². The quantitative estimate of drug-likeness (QED) is 0.396. The van der Waals surface area contributed by atoms with E-state index < -0.39 is 26.8 Å². The maximum absolute atomic E-state index is 13.6. The highest BCUT2D eigenvalue weighted by Gasteiger charge is 2.49. The number of allylic oxidation sites excluding steroid dienone is 1. The summed E-state index contributed by atoms with van der Waals surface area (Å²) >= 11 is 6.41. The van der Waals surface area contributed by atoms with Crippen LogP contribution in [0.15, 0.2) is 48.6 Å². The van der Waals surface area contributed by atoms with Gasteiger partial charge < -0.3 is 19.1 Å². The molecule has 1 aliphatic carbocycles. The summed E-state index contributed by atoms with van der Waals surface area (Å²) in [5, 5.41) is 0.0201. The third-order valence-electron chi connectivity index (χ3n) is 12.3. The van der Waals surface area contributed by atoms with Gasteiger partial charge in [0.05, 0.1) is 24.2 Å². The molecule has 1 amide bonds. The van der Waals surface area contributed by atoms with Crippen LogP contribution in [0.1, 0.15) is 73.4 Å². The molecule has 2 saturated heterocycles. The average molecular weight is 755 g/mol. The Morgan fingerprint density at radius 1 is 1.02 bits per heavy atom. The van der Waals surface area contributed by atoms with Crippen molar-refractivity contribution in [2.24, 2.45) is 11.8 Å². The number of anilines is 1. The van der Waals surface area contributed by atoms with E-state index in [-0.39, 0.29) is 5.92 Å². The molecule has 7 rings (SSSR count). The third-order valence-corrected chi connectivity index (χ3v) is 14.4. The van der Waals surface area contributed by atoms with Crippen LogP contribution in [0, 0.1) is 11.8 Å². The maximum Gasteiger partial charge on any atom is 0.264 e. The summed E-state index contributed by atoms with van der Waals surface area (Å²) in [6, 6.07) is 11.7. The van der Waals surface area contributed by atoms with Gasteiger partial charge in [-0.1, -0.05) is 36.7 Å². The van der Waals surface area contributed by atoms with Crippen molar-refractivity contribution in [3.05, 3.63) is 70.3 Å². The molecule has 1 saturated carbocycles. The number of methoxy groups -OCH3 is 1. The van der Waals surface area contributed by atoms with E-state index in [2.05, 4.69) is 31.6 Å². The van der Waals surface area contributed by atoms with E-state index in [4.69, 9.17) is 25.8 Å². The number of carbonyl (C=O) groups is 1. The van der Waals surface area contributed by atoms with Gasteiger partial charge in [0.1, 0.15) is 18.0 Å². The number of hydrogen-bond acceptors (Lipinski definition) is 9. The van der Waals surface area contributed by atoms with Crippen LogP contribution in [0.4, 0.5) is 5.69 Å². The van der Waals surface area contributed by atoms with Gasteiger partial charge in [0, 0.05) is 69.6 Å². The van der Waals surface area contributed by atoms with E-state index in [1.807, 2.05) is 44.4 Å². The van der Waals surface area contributed by atoms with E-state index in [9.17, 15) is 13.2 Å². The maximum atomic E-state index is 13.6. The number of halogens is 1. The Balaban J connectivity index is 1.24. The molecule has 0 aromatic heterocycles. The number of rotatable bonds is 4. The summed E-state index contributed by atoms with van der Waals surface area (Å²) in [7, 11) is -2.07. The monoisotopic (exact) mass is 754 g/mol. The van der Waals surface area contributed by atoms with Crippen LogP contribution in [0.2, 0.25) is 5.02 Å². The largest absolute Gasteiger partial charge is 0.487 e. The fraction of sp³-hybridized carbons (Fsp3) is 0.625. The van der Waals surface area contributed by atoms with Gasteiger partial charge in [0.25, 0.3) is 5.91 Å². The third kappa shape index (κ3) is 8.20. The summed E-state index contributed by atoms with van der Waals surface area (Å²) in [5.41, 5.74) is 2.88. The molecule has 3 fully saturated rings. The van der Waals surface area contributed by atoms with Crippen molar-refractivity contribution in [2.45, 2.75) is 81.8 Å². The molecule has 4 aliphatic heterocycles. The minimum absolute atomic E-state index is 0.272. The smallest absolute Gasteiger partial charge is 0.264 e. The number of nitrogens with zero attached hydrogens (tertiary/aromatic N) is 3. The highest BCUT2D eigenvalue weighted by molar-refractivity contribution is 7.90. The number of aryl methyl sites for hydroxylation is 1. The van der Waals surface area contributed by atoms with Crippen molar-refractivity contribution in [2.75, 3.05) is 71.0 Å². The second-order valence-corrected chi connectivity index (χ2v) is 17.8. The van der Waals surface area contributed by atoms with Crippen LogP contribution in [0.3, 0.4) is 0 Å². The van der Waals surface area contributed by atoms with Gasteiger partial charge in [0.15, 0.2) is 0 Å². The number of fused-ring (bicyclic) bond motifs is 4. The van der Waals surface area contributed by atoms with Crippen LogP contribution >= 0.6 is 11.6 Å². The molecular formula is C40H55ClN4O6S.